The van der Waals surface area contributed by atoms with Gasteiger partial charge in [-0.05, 0) is 57.9 Å². The van der Waals surface area contributed by atoms with Crippen LogP contribution in [0.5, 0.6) is 0 Å². The molecule has 0 aliphatic heterocycles. The van der Waals surface area contributed by atoms with Crippen molar-refractivity contribution in [2.24, 2.45) is 0 Å². The number of nitrogens with one attached hydrogen (secondary N) is 1. The van der Waals surface area contributed by atoms with Crippen LogP contribution in [-0.4, -0.2) is 42.1 Å². The Hall–Kier alpha value is -2.37. The lowest BCUT2D eigenvalue weighted by Crippen LogP contribution is -2.41. The van der Waals surface area contributed by atoms with Gasteiger partial charge in [-0.15, -0.1) is 0 Å². The molecule has 0 bridgehead atoms. The average Bonchev–Trinajstić information content (AvgIpc) is 2.50. The number of amides is 2. The second-order valence-electron chi connectivity index (χ2n) is 6.69. The number of carbonyl (C=O) groups is 2. The first-order chi connectivity index (χ1) is 11.6. The van der Waals surface area contributed by atoms with Crippen LogP contribution < -0.4 is 5.32 Å². The minimum atomic E-state index is -0.553. The van der Waals surface area contributed by atoms with Crippen LogP contribution in [0.3, 0.4) is 0 Å². The van der Waals surface area contributed by atoms with Crippen molar-refractivity contribution in [2.45, 2.75) is 40.2 Å². The Labute approximate surface area is 148 Å². The number of carbonyl (C=O) groups excluding carboxylic acids is 2. The Morgan fingerprint density at radius 2 is 1.84 bits per heavy atom. The molecule has 0 unspecified atom stereocenters. The second-order valence-corrected chi connectivity index (χ2v) is 6.69. The van der Waals surface area contributed by atoms with Crippen LogP contribution in [0.1, 0.15) is 40.2 Å². The Balaban J connectivity index is 2.51. The van der Waals surface area contributed by atoms with Gasteiger partial charge >= 0.3 is 6.09 Å². The third-order valence-electron chi connectivity index (χ3n) is 3.36. The van der Waals surface area contributed by atoms with Crippen LogP contribution in [0.25, 0.3) is 5.57 Å². The number of ether oxygens (including phenoxy) is 1. The van der Waals surface area contributed by atoms with E-state index in [0.717, 1.165) is 11.1 Å². The summed E-state index contributed by atoms with van der Waals surface area (Å²) in [5.74, 6) is -0.579. The van der Waals surface area contributed by atoms with Crippen LogP contribution in [0.4, 0.5) is 9.18 Å². The largest absolute Gasteiger partial charge is 0.444 e. The van der Waals surface area contributed by atoms with Crippen molar-refractivity contribution in [3.63, 3.8) is 0 Å². The zero-order chi connectivity index (χ0) is 19.0. The maximum Gasteiger partial charge on any atom is 0.410 e. The van der Waals surface area contributed by atoms with Crippen molar-refractivity contribution < 1.29 is 18.7 Å². The summed E-state index contributed by atoms with van der Waals surface area (Å²) in [5, 5.41) is 2.74. The van der Waals surface area contributed by atoms with Gasteiger partial charge in [0.05, 0.1) is 0 Å². The van der Waals surface area contributed by atoms with E-state index in [-0.39, 0.29) is 11.7 Å². The molecule has 1 aromatic rings. The van der Waals surface area contributed by atoms with Crippen molar-refractivity contribution in [2.75, 3.05) is 19.6 Å². The van der Waals surface area contributed by atoms with E-state index >= 15 is 0 Å². The fraction of sp³-hybridized carbons (Fsp3) is 0.474. The van der Waals surface area contributed by atoms with Crippen molar-refractivity contribution >= 4 is 17.6 Å². The molecule has 0 spiro atoms. The Bertz CT molecular complexity index is 619. The summed E-state index contributed by atoms with van der Waals surface area (Å²) in [6.07, 6.45) is 1.05. The monoisotopic (exact) mass is 350 g/mol. The molecule has 0 aliphatic carbocycles. The molecule has 0 saturated carbocycles. The van der Waals surface area contributed by atoms with Crippen molar-refractivity contribution in [3.8, 4) is 0 Å². The van der Waals surface area contributed by atoms with Gasteiger partial charge < -0.3 is 15.0 Å². The van der Waals surface area contributed by atoms with Gasteiger partial charge in [0.15, 0.2) is 0 Å². The van der Waals surface area contributed by atoms with Crippen LogP contribution >= 0.6 is 0 Å². The van der Waals surface area contributed by atoms with Crippen molar-refractivity contribution in [3.05, 3.63) is 41.7 Å². The highest BCUT2D eigenvalue weighted by Gasteiger charge is 2.20. The first-order valence-corrected chi connectivity index (χ1v) is 8.32. The fourth-order valence-corrected chi connectivity index (χ4v) is 2.06. The van der Waals surface area contributed by atoms with Crippen LogP contribution in [0, 0.1) is 5.82 Å². The summed E-state index contributed by atoms with van der Waals surface area (Å²) < 4.78 is 18.2. The van der Waals surface area contributed by atoms with E-state index < -0.39 is 11.7 Å². The lowest BCUT2D eigenvalue weighted by molar-refractivity contribution is -0.116. The first kappa shape index (κ1) is 20.7. The number of halogens is 1. The standard InChI is InChI=1S/C19H27FN2O3/c1-6-22(18(24)25-19(3,4)5)12-11-21-17(23)13-14(2)15-7-9-16(20)10-8-15/h7-10,13H,6,11-12H2,1-5H3,(H,21,23). The molecule has 0 heterocycles. The van der Waals surface area contributed by atoms with Gasteiger partial charge in [-0.25, -0.2) is 9.18 Å². The van der Waals surface area contributed by atoms with Gasteiger partial charge in [-0.2, -0.15) is 0 Å². The zero-order valence-corrected chi connectivity index (χ0v) is 15.6. The number of allylic oxidation sites excluding steroid dienone is 1. The molecule has 2 amide bonds. The van der Waals surface area contributed by atoms with Gasteiger partial charge in [0.1, 0.15) is 11.4 Å². The molecule has 5 nitrogen and oxygen atoms in total. The van der Waals surface area contributed by atoms with E-state index in [1.807, 2.05) is 27.7 Å². The summed E-state index contributed by atoms with van der Waals surface area (Å²) in [4.78, 5) is 25.5. The lowest BCUT2D eigenvalue weighted by atomic mass is 10.1. The van der Waals surface area contributed by atoms with E-state index in [4.69, 9.17) is 4.74 Å². The number of hydrogen-bond acceptors (Lipinski definition) is 3. The molecule has 1 N–H and O–H groups in total. The normalized spacial score (nSPS) is 11.8. The molecule has 1 rings (SSSR count). The van der Waals surface area contributed by atoms with Gasteiger partial charge in [0.25, 0.3) is 0 Å². The smallest absolute Gasteiger partial charge is 0.410 e. The topological polar surface area (TPSA) is 58.6 Å². The van der Waals surface area contributed by atoms with E-state index in [0.29, 0.717) is 19.6 Å². The maximum absolute atomic E-state index is 12.9. The highest BCUT2D eigenvalue weighted by Crippen LogP contribution is 2.13. The van der Waals surface area contributed by atoms with Gasteiger partial charge in [-0.1, -0.05) is 12.1 Å². The average molecular weight is 350 g/mol. The Kier molecular flexibility index (Phi) is 7.61. The van der Waals surface area contributed by atoms with Crippen LogP contribution in [-0.2, 0) is 9.53 Å². The minimum absolute atomic E-state index is 0.262. The van der Waals surface area contributed by atoms with E-state index in [1.165, 1.54) is 23.1 Å². The summed E-state index contributed by atoms with van der Waals surface area (Å²) in [6, 6.07) is 5.95. The summed E-state index contributed by atoms with van der Waals surface area (Å²) in [7, 11) is 0. The highest BCUT2D eigenvalue weighted by atomic mass is 19.1. The lowest BCUT2D eigenvalue weighted by Gasteiger charge is -2.26. The SMILES string of the molecule is CCN(CCNC(=O)C=C(C)c1ccc(F)cc1)C(=O)OC(C)(C)C. The van der Waals surface area contributed by atoms with Gasteiger partial charge in [0.2, 0.25) is 5.91 Å². The van der Waals surface area contributed by atoms with E-state index in [9.17, 15) is 14.0 Å². The third-order valence-corrected chi connectivity index (χ3v) is 3.36. The maximum atomic E-state index is 12.9. The molecular weight excluding hydrogens is 323 g/mol. The quantitative estimate of drug-likeness (QED) is 0.798. The van der Waals surface area contributed by atoms with Crippen LogP contribution in [0.15, 0.2) is 30.3 Å². The molecule has 0 saturated heterocycles. The van der Waals surface area contributed by atoms with Crippen molar-refractivity contribution in [1.82, 2.24) is 10.2 Å². The van der Waals surface area contributed by atoms with Gasteiger partial charge in [0, 0.05) is 25.7 Å². The molecule has 25 heavy (non-hydrogen) atoms. The minimum Gasteiger partial charge on any atom is -0.444 e. The third kappa shape index (κ3) is 7.83. The molecule has 0 aliphatic rings. The molecule has 1 aromatic carbocycles. The number of hydrogen-bond donors (Lipinski definition) is 1. The zero-order valence-electron chi connectivity index (χ0n) is 15.6. The predicted octanol–water partition coefficient (Wildman–Crippen LogP) is 3.60. The summed E-state index contributed by atoms with van der Waals surface area (Å²) >= 11 is 0. The Morgan fingerprint density at radius 1 is 1.24 bits per heavy atom. The number of nitrogens with zero attached hydrogens (tertiary/aromatic N) is 1. The Morgan fingerprint density at radius 3 is 2.36 bits per heavy atom. The van der Waals surface area contributed by atoms with E-state index in [1.54, 1.807) is 19.1 Å². The van der Waals surface area contributed by atoms with Gasteiger partial charge in [-0.3, -0.25) is 4.79 Å². The summed E-state index contributed by atoms with van der Waals surface area (Å²) in [5.41, 5.74) is 0.959. The van der Waals surface area contributed by atoms with Crippen molar-refractivity contribution in [1.29, 1.82) is 0 Å². The molecule has 0 radical (unpaired) electrons. The molecular formula is C19H27FN2O3. The number of likely N-dealkylation sites (N-methyl/N-ethyl adjacent to an activating group) is 1. The number of rotatable bonds is 6. The van der Waals surface area contributed by atoms with Crippen LogP contribution in [0.2, 0.25) is 0 Å². The van der Waals surface area contributed by atoms with E-state index in [2.05, 4.69) is 5.32 Å². The molecule has 0 fully saturated rings. The fourth-order valence-electron chi connectivity index (χ4n) is 2.06. The molecule has 6 heteroatoms. The molecule has 0 atom stereocenters. The number of benzene rings is 1. The predicted molar refractivity (Wildman–Crippen MR) is 96.5 cm³/mol. The molecule has 0 aromatic heterocycles. The summed E-state index contributed by atoms with van der Waals surface area (Å²) in [6.45, 7) is 10.2. The second kappa shape index (κ2) is 9.20. The first-order valence-electron chi connectivity index (χ1n) is 8.32. The highest BCUT2D eigenvalue weighted by molar-refractivity contribution is 5.94. The molecule has 138 valence electrons.